The molecule has 3 N–H and O–H groups in total. The molecule has 1 aromatic heterocycles. The highest BCUT2D eigenvalue weighted by Crippen LogP contribution is 2.33. The highest BCUT2D eigenvalue weighted by atomic mass is 32.2. The van der Waals surface area contributed by atoms with Gasteiger partial charge in [-0.3, -0.25) is 0 Å². The topological polar surface area (TPSA) is 63.8 Å². The quantitative estimate of drug-likeness (QED) is 0.374. The molecule has 0 saturated heterocycles. The SMILES string of the molecule is Cc1ccc(NSc2cccc(C(F)(F)F)c2)cc1-c1ccc2nc(N)ncc2c1. The summed E-state index contributed by atoms with van der Waals surface area (Å²) in [6.07, 6.45) is -2.68. The Morgan fingerprint density at radius 1 is 1.00 bits per heavy atom. The molecule has 0 atom stereocenters. The second-order valence-electron chi connectivity index (χ2n) is 6.76. The van der Waals surface area contributed by atoms with Crippen molar-refractivity contribution >= 4 is 34.5 Å². The average Bonchev–Trinajstić information content (AvgIpc) is 2.72. The van der Waals surface area contributed by atoms with Crippen LogP contribution in [0.4, 0.5) is 24.8 Å². The van der Waals surface area contributed by atoms with Gasteiger partial charge in [0.25, 0.3) is 0 Å². The molecule has 8 heteroatoms. The smallest absolute Gasteiger partial charge is 0.368 e. The van der Waals surface area contributed by atoms with Gasteiger partial charge in [-0.25, -0.2) is 9.97 Å². The second kappa shape index (κ2) is 7.87. The van der Waals surface area contributed by atoms with Crippen LogP contribution in [0.2, 0.25) is 0 Å². The van der Waals surface area contributed by atoms with Crippen molar-refractivity contribution in [2.75, 3.05) is 10.5 Å². The number of nitrogens with two attached hydrogens (primary N) is 1. The number of aryl methyl sites for hydroxylation is 1. The van der Waals surface area contributed by atoms with E-state index in [1.165, 1.54) is 6.07 Å². The van der Waals surface area contributed by atoms with Crippen molar-refractivity contribution in [1.82, 2.24) is 9.97 Å². The van der Waals surface area contributed by atoms with E-state index in [1.807, 2.05) is 43.3 Å². The van der Waals surface area contributed by atoms with Crippen LogP contribution in [-0.4, -0.2) is 9.97 Å². The lowest BCUT2D eigenvalue weighted by atomic mass is 9.99. The largest absolute Gasteiger partial charge is 0.416 e. The number of alkyl halides is 3. The maximum absolute atomic E-state index is 12.9. The number of nitrogens with zero attached hydrogens (tertiary/aromatic N) is 2. The van der Waals surface area contributed by atoms with E-state index in [9.17, 15) is 13.2 Å². The number of nitrogen functional groups attached to an aromatic ring is 1. The lowest BCUT2D eigenvalue weighted by Gasteiger charge is -2.12. The van der Waals surface area contributed by atoms with Crippen molar-refractivity contribution in [3.8, 4) is 11.1 Å². The predicted molar refractivity (Wildman–Crippen MR) is 115 cm³/mol. The summed E-state index contributed by atoms with van der Waals surface area (Å²) in [6, 6.07) is 16.9. The van der Waals surface area contributed by atoms with Gasteiger partial charge in [0, 0.05) is 22.2 Å². The Bertz CT molecular complexity index is 1220. The van der Waals surface area contributed by atoms with Gasteiger partial charge in [-0.05, 0) is 78.0 Å². The lowest BCUT2D eigenvalue weighted by molar-refractivity contribution is -0.137. The molecule has 0 aliphatic rings. The number of hydrogen-bond donors (Lipinski definition) is 2. The number of rotatable bonds is 4. The first-order chi connectivity index (χ1) is 14.3. The van der Waals surface area contributed by atoms with Gasteiger partial charge in [0.05, 0.1) is 11.1 Å². The zero-order valence-corrected chi connectivity index (χ0v) is 16.7. The summed E-state index contributed by atoms with van der Waals surface area (Å²) in [7, 11) is 0. The number of hydrogen-bond acceptors (Lipinski definition) is 5. The van der Waals surface area contributed by atoms with Crippen LogP contribution in [-0.2, 0) is 6.18 Å². The van der Waals surface area contributed by atoms with E-state index in [0.717, 1.165) is 57.4 Å². The lowest BCUT2D eigenvalue weighted by Crippen LogP contribution is -2.04. The Hall–Kier alpha value is -3.26. The normalized spacial score (nSPS) is 11.6. The third-order valence-electron chi connectivity index (χ3n) is 4.60. The Morgan fingerprint density at radius 3 is 2.63 bits per heavy atom. The van der Waals surface area contributed by atoms with Crippen LogP contribution in [0, 0.1) is 6.92 Å². The molecule has 4 rings (SSSR count). The van der Waals surface area contributed by atoms with Crippen LogP contribution in [0.1, 0.15) is 11.1 Å². The molecule has 0 amide bonds. The molecule has 0 unspecified atom stereocenters. The minimum atomic E-state index is -4.36. The maximum atomic E-state index is 12.9. The maximum Gasteiger partial charge on any atom is 0.416 e. The fourth-order valence-corrected chi connectivity index (χ4v) is 3.76. The Balaban J connectivity index is 1.59. The van der Waals surface area contributed by atoms with Gasteiger partial charge < -0.3 is 10.5 Å². The van der Waals surface area contributed by atoms with Crippen molar-refractivity contribution in [3.05, 3.63) is 78.0 Å². The van der Waals surface area contributed by atoms with Crippen LogP contribution in [0.15, 0.2) is 71.8 Å². The van der Waals surface area contributed by atoms with Crippen molar-refractivity contribution in [2.45, 2.75) is 18.0 Å². The Labute approximate surface area is 175 Å². The van der Waals surface area contributed by atoms with Crippen molar-refractivity contribution in [3.63, 3.8) is 0 Å². The van der Waals surface area contributed by atoms with E-state index in [2.05, 4.69) is 14.7 Å². The minimum Gasteiger partial charge on any atom is -0.368 e. The summed E-state index contributed by atoms with van der Waals surface area (Å²) < 4.78 is 41.8. The van der Waals surface area contributed by atoms with Crippen LogP contribution >= 0.6 is 11.9 Å². The first-order valence-corrected chi connectivity index (χ1v) is 9.85. The molecular weight excluding hydrogens is 409 g/mol. The molecule has 30 heavy (non-hydrogen) atoms. The zero-order valence-electron chi connectivity index (χ0n) is 15.9. The third kappa shape index (κ3) is 4.33. The molecule has 0 fully saturated rings. The summed E-state index contributed by atoms with van der Waals surface area (Å²) in [5.41, 5.74) is 9.57. The molecule has 0 aliphatic heterocycles. The standard InChI is InChI=1S/C22H17F3N4S/c1-13-5-7-17(29-30-18-4-2-3-16(10-18)22(23,24)25)11-19(13)14-6-8-20-15(9-14)12-27-21(26)28-20/h2-12,29H,1H3,(H2,26,27,28). The fourth-order valence-electron chi connectivity index (χ4n) is 3.07. The minimum absolute atomic E-state index is 0.226. The van der Waals surface area contributed by atoms with Crippen molar-refractivity contribution in [1.29, 1.82) is 0 Å². The molecule has 0 spiro atoms. The third-order valence-corrected chi connectivity index (χ3v) is 5.42. The summed E-state index contributed by atoms with van der Waals surface area (Å²) >= 11 is 1.13. The fraction of sp³-hybridized carbons (Fsp3) is 0.0909. The molecule has 152 valence electrons. The monoisotopic (exact) mass is 426 g/mol. The number of fused-ring (bicyclic) bond motifs is 1. The summed E-state index contributed by atoms with van der Waals surface area (Å²) in [6.45, 7) is 2.00. The first kappa shape index (κ1) is 20.0. The van der Waals surface area contributed by atoms with Gasteiger partial charge in [-0.2, -0.15) is 13.2 Å². The predicted octanol–water partition coefficient (Wildman–Crippen LogP) is 6.33. The molecule has 4 aromatic rings. The Kier molecular flexibility index (Phi) is 5.26. The average molecular weight is 426 g/mol. The number of benzene rings is 3. The van der Waals surface area contributed by atoms with Gasteiger partial charge in [0.2, 0.25) is 5.95 Å². The number of aromatic nitrogens is 2. The van der Waals surface area contributed by atoms with Crippen molar-refractivity contribution < 1.29 is 13.2 Å². The van der Waals surface area contributed by atoms with Crippen LogP contribution in [0.3, 0.4) is 0 Å². The highest BCUT2D eigenvalue weighted by Gasteiger charge is 2.30. The van der Waals surface area contributed by atoms with E-state index < -0.39 is 11.7 Å². The molecule has 3 aromatic carbocycles. The molecule has 4 nitrogen and oxygen atoms in total. The summed E-state index contributed by atoms with van der Waals surface area (Å²) in [4.78, 5) is 8.73. The van der Waals surface area contributed by atoms with Crippen LogP contribution in [0.5, 0.6) is 0 Å². The second-order valence-corrected chi connectivity index (χ2v) is 7.64. The number of nitrogens with one attached hydrogen (secondary N) is 1. The van der Waals surface area contributed by atoms with E-state index in [0.29, 0.717) is 4.90 Å². The first-order valence-electron chi connectivity index (χ1n) is 9.03. The Morgan fingerprint density at radius 2 is 1.83 bits per heavy atom. The van der Waals surface area contributed by atoms with Crippen molar-refractivity contribution in [2.24, 2.45) is 0 Å². The molecule has 1 heterocycles. The van der Waals surface area contributed by atoms with Crippen LogP contribution < -0.4 is 10.5 Å². The molecular formula is C22H17F3N4S. The molecule has 0 bridgehead atoms. The summed E-state index contributed by atoms with van der Waals surface area (Å²) in [5, 5.41) is 0.873. The highest BCUT2D eigenvalue weighted by molar-refractivity contribution is 8.00. The van der Waals surface area contributed by atoms with Gasteiger partial charge in [-0.1, -0.05) is 18.2 Å². The number of anilines is 2. The molecule has 0 radical (unpaired) electrons. The number of halogens is 3. The van der Waals surface area contributed by atoms with E-state index in [4.69, 9.17) is 5.73 Å². The van der Waals surface area contributed by atoms with E-state index in [1.54, 1.807) is 12.3 Å². The van der Waals surface area contributed by atoms with Crippen LogP contribution in [0.25, 0.3) is 22.0 Å². The van der Waals surface area contributed by atoms with E-state index in [-0.39, 0.29) is 5.95 Å². The summed E-state index contributed by atoms with van der Waals surface area (Å²) in [5.74, 6) is 0.226. The van der Waals surface area contributed by atoms with Gasteiger partial charge in [-0.15, -0.1) is 0 Å². The van der Waals surface area contributed by atoms with E-state index >= 15 is 0 Å². The van der Waals surface area contributed by atoms with Gasteiger partial charge >= 0.3 is 6.18 Å². The zero-order chi connectivity index (χ0) is 21.3. The molecule has 0 saturated carbocycles. The van der Waals surface area contributed by atoms with Gasteiger partial charge in [0.1, 0.15) is 0 Å². The molecule has 0 aliphatic carbocycles. The van der Waals surface area contributed by atoms with Gasteiger partial charge in [0.15, 0.2) is 0 Å².